The molecule has 1 heterocycles. The lowest BCUT2D eigenvalue weighted by atomic mass is 10.1. The van der Waals surface area contributed by atoms with Crippen molar-refractivity contribution in [2.24, 2.45) is 0 Å². The Labute approximate surface area is 102 Å². The van der Waals surface area contributed by atoms with E-state index in [1.54, 1.807) is 0 Å². The molecule has 1 aromatic rings. The minimum atomic E-state index is 0.321. The molecule has 1 rings (SSSR count). The molecule has 0 aliphatic carbocycles. The summed E-state index contributed by atoms with van der Waals surface area (Å²) in [7, 11) is 0. The zero-order chi connectivity index (χ0) is 12.8. The zero-order valence-electron chi connectivity index (χ0n) is 10.7. The molecule has 0 radical (unpaired) electrons. The van der Waals surface area contributed by atoms with E-state index in [0.717, 1.165) is 17.8 Å². The van der Waals surface area contributed by atoms with E-state index in [1.807, 2.05) is 13.8 Å². The zero-order valence-corrected chi connectivity index (χ0v) is 10.7. The Balaban J connectivity index is 2.66. The van der Waals surface area contributed by atoms with Gasteiger partial charge in [-0.2, -0.15) is 10.4 Å². The average Bonchev–Trinajstić information content (AvgIpc) is 2.29. The first-order valence-electron chi connectivity index (χ1n) is 5.66. The van der Waals surface area contributed by atoms with Gasteiger partial charge in [0.25, 0.3) is 5.88 Å². The van der Waals surface area contributed by atoms with E-state index in [-0.39, 0.29) is 0 Å². The normalized spacial score (nSPS) is 10.4. The Morgan fingerprint density at radius 3 is 2.65 bits per heavy atom. The highest BCUT2D eigenvalue weighted by atomic mass is 16.5. The predicted molar refractivity (Wildman–Crippen MR) is 64.9 cm³/mol. The largest absolute Gasteiger partial charge is 0.474 e. The van der Waals surface area contributed by atoms with Gasteiger partial charge in [-0.15, -0.1) is 5.10 Å². The minimum Gasteiger partial charge on any atom is -0.474 e. The molecule has 0 atom stereocenters. The summed E-state index contributed by atoms with van der Waals surface area (Å²) in [5.41, 5.74) is 2.06. The van der Waals surface area contributed by atoms with Crippen LogP contribution >= 0.6 is 0 Å². The first-order chi connectivity index (χ1) is 8.06. The maximum absolute atomic E-state index is 9.06. The number of nitrogens with zero attached hydrogens (tertiary/aromatic N) is 3. The van der Waals surface area contributed by atoms with Crippen LogP contribution in [0.1, 0.15) is 30.7 Å². The number of nitriles is 1. The Morgan fingerprint density at radius 1 is 1.35 bits per heavy atom. The quantitative estimate of drug-likeness (QED) is 0.778. The average molecular weight is 234 g/mol. The van der Waals surface area contributed by atoms with Crippen LogP contribution in [-0.2, 0) is 0 Å². The molecular weight excluding hydrogens is 216 g/mol. The Bertz CT molecular complexity index is 423. The summed E-state index contributed by atoms with van der Waals surface area (Å²) in [6, 6.07) is 2.52. The van der Waals surface area contributed by atoms with Gasteiger partial charge >= 0.3 is 0 Å². The molecule has 92 valence electrons. The number of hydrogen-bond donors (Lipinski definition) is 1. The van der Waals surface area contributed by atoms with Crippen molar-refractivity contribution in [2.75, 3.05) is 13.2 Å². The lowest BCUT2D eigenvalue weighted by Gasteiger charge is -2.10. The molecule has 1 aromatic heterocycles. The van der Waals surface area contributed by atoms with Crippen LogP contribution in [0.15, 0.2) is 0 Å². The topological polar surface area (TPSA) is 70.8 Å². The van der Waals surface area contributed by atoms with Gasteiger partial charge in [0.2, 0.25) is 0 Å². The first kappa shape index (κ1) is 13.4. The number of aryl methyl sites for hydroxylation is 1. The van der Waals surface area contributed by atoms with E-state index >= 15 is 0 Å². The van der Waals surface area contributed by atoms with E-state index in [0.29, 0.717) is 24.1 Å². The van der Waals surface area contributed by atoms with Crippen molar-refractivity contribution in [1.29, 1.82) is 5.26 Å². The van der Waals surface area contributed by atoms with Crippen molar-refractivity contribution < 1.29 is 4.74 Å². The third-order valence-corrected chi connectivity index (χ3v) is 2.43. The van der Waals surface area contributed by atoms with Crippen molar-refractivity contribution in [3.63, 3.8) is 0 Å². The number of rotatable bonds is 5. The molecule has 5 heteroatoms. The van der Waals surface area contributed by atoms with Crippen molar-refractivity contribution >= 4 is 0 Å². The Hall–Kier alpha value is -1.67. The molecule has 0 saturated carbocycles. The Kier molecular flexibility index (Phi) is 4.85. The molecule has 0 aliphatic rings. The molecule has 1 N–H and O–H groups in total. The molecule has 0 saturated heterocycles. The van der Waals surface area contributed by atoms with Gasteiger partial charge < -0.3 is 10.1 Å². The highest BCUT2D eigenvalue weighted by molar-refractivity contribution is 5.44. The standard InChI is InChI=1S/C12H18N4O/c1-8(2)14-5-6-17-12-11(7-13)9(3)10(4)15-16-12/h8,14H,5-6H2,1-4H3. The van der Waals surface area contributed by atoms with E-state index < -0.39 is 0 Å². The molecule has 5 nitrogen and oxygen atoms in total. The molecule has 0 spiro atoms. The molecule has 0 aromatic carbocycles. The molecule has 17 heavy (non-hydrogen) atoms. The van der Waals surface area contributed by atoms with Crippen LogP contribution in [0, 0.1) is 25.2 Å². The van der Waals surface area contributed by atoms with E-state index in [9.17, 15) is 0 Å². The highest BCUT2D eigenvalue weighted by Gasteiger charge is 2.11. The van der Waals surface area contributed by atoms with Gasteiger partial charge in [0.1, 0.15) is 18.2 Å². The highest BCUT2D eigenvalue weighted by Crippen LogP contribution is 2.18. The summed E-state index contributed by atoms with van der Waals surface area (Å²) >= 11 is 0. The van der Waals surface area contributed by atoms with Crippen molar-refractivity contribution in [2.45, 2.75) is 33.7 Å². The fourth-order valence-electron chi connectivity index (χ4n) is 1.31. The van der Waals surface area contributed by atoms with Gasteiger partial charge in [-0.3, -0.25) is 0 Å². The summed E-state index contributed by atoms with van der Waals surface area (Å²) in [4.78, 5) is 0. The predicted octanol–water partition coefficient (Wildman–Crippen LogP) is 1.34. The van der Waals surface area contributed by atoms with Crippen LogP contribution in [0.2, 0.25) is 0 Å². The second kappa shape index (κ2) is 6.16. The lowest BCUT2D eigenvalue weighted by molar-refractivity contribution is 0.293. The smallest absolute Gasteiger partial charge is 0.251 e. The minimum absolute atomic E-state index is 0.321. The van der Waals surface area contributed by atoms with E-state index in [1.165, 1.54) is 0 Å². The number of aromatic nitrogens is 2. The van der Waals surface area contributed by atoms with Crippen LogP contribution in [0.5, 0.6) is 5.88 Å². The fourth-order valence-corrected chi connectivity index (χ4v) is 1.31. The van der Waals surface area contributed by atoms with Crippen LogP contribution in [-0.4, -0.2) is 29.4 Å². The maximum Gasteiger partial charge on any atom is 0.251 e. The van der Waals surface area contributed by atoms with Gasteiger partial charge in [0.05, 0.1) is 5.69 Å². The van der Waals surface area contributed by atoms with Gasteiger partial charge in [0.15, 0.2) is 0 Å². The van der Waals surface area contributed by atoms with Crippen molar-refractivity contribution in [1.82, 2.24) is 15.5 Å². The Morgan fingerprint density at radius 2 is 2.06 bits per heavy atom. The fraction of sp³-hybridized carbons (Fsp3) is 0.583. The lowest BCUT2D eigenvalue weighted by Crippen LogP contribution is -2.27. The third kappa shape index (κ3) is 3.68. The van der Waals surface area contributed by atoms with Crippen LogP contribution < -0.4 is 10.1 Å². The summed E-state index contributed by atoms with van der Waals surface area (Å²) in [5, 5.41) is 20.1. The molecule has 0 fully saturated rings. The summed E-state index contributed by atoms with van der Waals surface area (Å²) in [5.74, 6) is 0.321. The van der Waals surface area contributed by atoms with Crippen molar-refractivity contribution in [3.8, 4) is 11.9 Å². The van der Waals surface area contributed by atoms with Crippen LogP contribution in [0.4, 0.5) is 0 Å². The third-order valence-electron chi connectivity index (χ3n) is 2.43. The monoisotopic (exact) mass is 234 g/mol. The van der Waals surface area contributed by atoms with Gasteiger partial charge in [0, 0.05) is 12.6 Å². The molecule has 0 unspecified atom stereocenters. The summed E-state index contributed by atoms with van der Waals surface area (Å²) in [6.07, 6.45) is 0. The van der Waals surface area contributed by atoms with Gasteiger partial charge in [-0.25, -0.2) is 0 Å². The summed E-state index contributed by atoms with van der Waals surface area (Å²) < 4.78 is 5.46. The molecular formula is C12H18N4O. The number of hydrogen-bond acceptors (Lipinski definition) is 5. The maximum atomic E-state index is 9.06. The van der Waals surface area contributed by atoms with Crippen LogP contribution in [0.3, 0.4) is 0 Å². The van der Waals surface area contributed by atoms with Gasteiger partial charge in [-0.1, -0.05) is 13.8 Å². The molecule has 0 aliphatic heterocycles. The SMILES string of the molecule is Cc1nnc(OCCNC(C)C)c(C#N)c1C. The molecule has 0 amide bonds. The van der Waals surface area contributed by atoms with Gasteiger partial charge in [-0.05, 0) is 19.4 Å². The molecule has 0 bridgehead atoms. The first-order valence-corrected chi connectivity index (χ1v) is 5.66. The summed E-state index contributed by atoms with van der Waals surface area (Å²) in [6.45, 7) is 9.00. The van der Waals surface area contributed by atoms with E-state index in [2.05, 4.69) is 35.4 Å². The number of nitrogens with one attached hydrogen (secondary N) is 1. The van der Waals surface area contributed by atoms with E-state index in [4.69, 9.17) is 10.00 Å². The second-order valence-corrected chi connectivity index (χ2v) is 4.16. The van der Waals surface area contributed by atoms with Crippen molar-refractivity contribution in [3.05, 3.63) is 16.8 Å². The number of ether oxygens (including phenoxy) is 1. The second-order valence-electron chi connectivity index (χ2n) is 4.16. The van der Waals surface area contributed by atoms with Crippen LogP contribution in [0.25, 0.3) is 0 Å².